The molecule has 3 unspecified atom stereocenters. The summed E-state index contributed by atoms with van der Waals surface area (Å²) in [6.07, 6.45) is -0.773. The minimum absolute atomic E-state index is 0.112. The molecule has 0 aromatic heterocycles. The fourth-order valence-electron chi connectivity index (χ4n) is 0.781. The van der Waals surface area contributed by atoms with Gasteiger partial charge in [0.1, 0.15) is 12.2 Å². The lowest BCUT2D eigenvalue weighted by atomic mass is 10.2. The lowest BCUT2D eigenvalue weighted by Gasteiger charge is -2.20. The van der Waals surface area contributed by atoms with Gasteiger partial charge in [0.05, 0.1) is 12.9 Å². The fraction of sp³-hybridized carbons (Fsp3) is 0.714. The average molecular weight is 242 g/mol. The van der Waals surface area contributed by atoms with Crippen molar-refractivity contribution in [3.8, 4) is 0 Å². The second-order valence-corrected chi connectivity index (χ2v) is 4.10. The van der Waals surface area contributed by atoms with E-state index in [4.69, 9.17) is 10.00 Å². The van der Waals surface area contributed by atoms with Crippen LogP contribution in [-0.4, -0.2) is 48.1 Å². The van der Waals surface area contributed by atoms with E-state index in [0.717, 1.165) is 13.2 Å². The smallest absolute Gasteiger partial charge is 0.472 e. The van der Waals surface area contributed by atoms with E-state index in [0.29, 0.717) is 6.26 Å². The number of phosphoric acid groups is 1. The summed E-state index contributed by atoms with van der Waals surface area (Å²) in [5.74, 6) is 0. The van der Waals surface area contributed by atoms with Gasteiger partial charge in [0.15, 0.2) is 0 Å². The molecule has 3 atom stereocenters. The predicted octanol–water partition coefficient (Wildman–Crippen LogP) is 0.197. The molecule has 3 N–H and O–H groups in total. The number of phosphoric ester groups is 1. The van der Waals surface area contributed by atoms with E-state index in [2.05, 4.69) is 13.8 Å². The van der Waals surface area contributed by atoms with Gasteiger partial charge in [-0.05, 0) is 6.08 Å². The molecule has 0 heterocycles. The minimum Gasteiger partial charge on any atom is -0.516 e. The fourth-order valence-corrected chi connectivity index (χ4v) is 1.39. The number of rotatable bonds is 7. The van der Waals surface area contributed by atoms with Crippen LogP contribution >= 0.6 is 7.82 Å². The third-order valence-corrected chi connectivity index (χ3v) is 2.45. The Hall–Kier alpha value is -0.430. The van der Waals surface area contributed by atoms with Gasteiger partial charge in [0.2, 0.25) is 0 Å². The van der Waals surface area contributed by atoms with Gasteiger partial charge in [0, 0.05) is 14.2 Å². The SMILES string of the molecule is COCC(O)C(/C=C/O)OP(=O)(O)OC. The molecular formula is C7H15O7P. The molecule has 15 heavy (non-hydrogen) atoms. The van der Waals surface area contributed by atoms with Crippen LogP contribution in [0.2, 0.25) is 0 Å². The van der Waals surface area contributed by atoms with Crippen molar-refractivity contribution < 1.29 is 33.5 Å². The second-order valence-electron chi connectivity index (χ2n) is 2.59. The van der Waals surface area contributed by atoms with E-state index < -0.39 is 20.0 Å². The van der Waals surface area contributed by atoms with Crippen molar-refractivity contribution in [1.82, 2.24) is 0 Å². The topological polar surface area (TPSA) is 105 Å². The van der Waals surface area contributed by atoms with Crippen LogP contribution in [0.4, 0.5) is 0 Å². The predicted molar refractivity (Wildman–Crippen MR) is 51.4 cm³/mol. The zero-order valence-electron chi connectivity index (χ0n) is 8.44. The molecule has 0 rings (SSSR count). The Morgan fingerprint density at radius 2 is 2.07 bits per heavy atom. The lowest BCUT2D eigenvalue weighted by molar-refractivity contribution is -0.00796. The molecule has 0 spiro atoms. The van der Waals surface area contributed by atoms with Crippen LogP contribution in [0.5, 0.6) is 0 Å². The summed E-state index contributed by atoms with van der Waals surface area (Å²) in [4.78, 5) is 8.98. The van der Waals surface area contributed by atoms with Crippen molar-refractivity contribution in [1.29, 1.82) is 0 Å². The highest BCUT2D eigenvalue weighted by molar-refractivity contribution is 7.47. The first kappa shape index (κ1) is 14.6. The monoisotopic (exact) mass is 242 g/mol. The van der Waals surface area contributed by atoms with Gasteiger partial charge in [-0.2, -0.15) is 0 Å². The molecule has 0 amide bonds. The van der Waals surface area contributed by atoms with Crippen LogP contribution in [0, 0.1) is 0 Å². The normalized spacial score (nSPS) is 20.0. The van der Waals surface area contributed by atoms with E-state index in [1.165, 1.54) is 7.11 Å². The molecule has 0 aliphatic rings. The number of aliphatic hydroxyl groups is 2. The van der Waals surface area contributed by atoms with Crippen LogP contribution < -0.4 is 0 Å². The van der Waals surface area contributed by atoms with Crippen molar-refractivity contribution in [3.05, 3.63) is 12.3 Å². The highest BCUT2D eigenvalue weighted by Crippen LogP contribution is 2.44. The molecule has 0 aromatic rings. The average Bonchev–Trinajstić information content (AvgIpc) is 2.17. The van der Waals surface area contributed by atoms with Gasteiger partial charge in [-0.1, -0.05) is 0 Å². The van der Waals surface area contributed by atoms with Crippen molar-refractivity contribution in [2.45, 2.75) is 12.2 Å². The Bertz CT molecular complexity index is 241. The molecule has 0 fully saturated rings. The Morgan fingerprint density at radius 1 is 1.47 bits per heavy atom. The summed E-state index contributed by atoms with van der Waals surface area (Å²) in [5.41, 5.74) is 0. The van der Waals surface area contributed by atoms with Crippen molar-refractivity contribution in [2.75, 3.05) is 20.8 Å². The van der Waals surface area contributed by atoms with Gasteiger partial charge in [-0.15, -0.1) is 0 Å². The molecular weight excluding hydrogens is 227 g/mol. The first-order chi connectivity index (χ1) is 6.96. The molecule has 0 radical (unpaired) electrons. The van der Waals surface area contributed by atoms with Gasteiger partial charge in [-0.3, -0.25) is 9.05 Å². The van der Waals surface area contributed by atoms with Crippen LogP contribution in [0.25, 0.3) is 0 Å². The molecule has 0 bridgehead atoms. The van der Waals surface area contributed by atoms with Gasteiger partial charge < -0.3 is 19.8 Å². The van der Waals surface area contributed by atoms with Gasteiger partial charge in [0.25, 0.3) is 0 Å². The number of ether oxygens (including phenoxy) is 1. The summed E-state index contributed by atoms with van der Waals surface area (Å²) in [7, 11) is -1.88. The highest BCUT2D eigenvalue weighted by atomic mass is 31.2. The zero-order chi connectivity index (χ0) is 11.9. The van der Waals surface area contributed by atoms with E-state index in [1.807, 2.05) is 0 Å². The number of aliphatic hydroxyl groups excluding tert-OH is 2. The first-order valence-corrected chi connectivity index (χ1v) is 5.51. The molecule has 7 nitrogen and oxygen atoms in total. The molecule has 0 saturated carbocycles. The molecule has 0 aliphatic heterocycles. The zero-order valence-corrected chi connectivity index (χ0v) is 9.33. The standard InChI is InChI=1S/C7H15O7P/c1-12-5-6(9)7(3-4-8)14-15(10,11)13-2/h3-4,6-9H,5H2,1-2H3,(H,10,11)/b4-3+. The molecule has 8 heteroatoms. The number of hydrogen-bond donors (Lipinski definition) is 3. The third-order valence-electron chi connectivity index (χ3n) is 1.48. The van der Waals surface area contributed by atoms with E-state index in [9.17, 15) is 9.67 Å². The molecule has 0 saturated heterocycles. The number of hydrogen-bond acceptors (Lipinski definition) is 6. The van der Waals surface area contributed by atoms with Crippen LogP contribution in [0.15, 0.2) is 12.3 Å². The molecule has 90 valence electrons. The Morgan fingerprint density at radius 3 is 2.47 bits per heavy atom. The van der Waals surface area contributed by atoms with Crippen molar-refractivity contribution in [2.24, 2.45) is 0 Å². The summed E-state index contributed by atoms with van der Waals surface area (Å²) in [6, 6.07) is 0. The van der Waals surface area contributed by atoms with Crippen LogP contribution in [0.3, 0.4) is 0 Å². The van der Waals surface area contributed by atoms with Crippen molar-refractivity contribution in [3.63, 3.8) is 0 Å². The molecule has 0 aliphatic carbocycles. The van der Waals surface area contributed by atoms with Crippen molar-refractivity contribution >= 4 is 7.82 Å². The quantitative estimate of drug-likeness (QED) is 0.432. The summed E-state index contributed by atoms with van der Waals surface area (Å²) in [6.45, 7) is -0.112. The largest absolute Gasteiger partial charge is 0.516 e. The van der Waals surface area contributed by atoms with E-state index in [1.54, 1.807) is 0 Å². The second kappa shape index (κ2) is 6.95. The summed E-state index contributed by atoms with van der Waals surface area (Å²) < 4.78 is 24.4. The first-order valence-electron chi connectivity index (χ1n) is 4.01. The Balaban J connectivity index is 4.46. The highest BCUT2D eigenvalue weighted by Gasteiger charge is 2.28. The number of methoxy groups -OCH3 is 1. The summed E-state index contributed by atoms with van der Waals surface area (Å²) >= 11 is 0. The lowest BCUT2D eigenvalue weighted by Crippen LogP contribution is -2.30. The Kier molecular flexibility index (Phi) is 6.75. The summed E-state index contributed by atoms with van der Waals surface area (Å²) in [5, 5.41) is 17.9. The Labute approximate surface area is 87.5 Å². The van der Waals surface area contributed by atoms with Gasteiger partial charge >= 0.3 is 7.82 Å². The third kappa shape index (κ3) is 5.88. The van der Waals surface area contributed by atoms with Crippen LogP contribution in [0.1, 0.15) is 0 Å². The van der Waals surface area contributed by atoms with Gasteiger partial charge in [-0.25, -0.2) is 4.57 Å². The maximum atomic E-state index is 11.0. The van der Waals surface area contributed by atoms with E-state index in [-0.39, 0.29) is 6.61 Å². The van der Waals surface area contributed by atoms with Crippen LogP contribution in [-0.2, 0) is 18.3 Å². The minimum atomic E-state index is -4.21. The maximum Gasteiger partial charge on any atom is 0.472 e. The van der Waals surface area contributed by atoms with E-state index >= 15 is 0 Å². The maximum absolute atomic E-state index is 11.0. The molecule has 0 aromatic carbocycles.